The predicted octanol–water partition coefficient (Wildman–Crippen LogP) is 1.92. The van der Waals surface area contributed by atoms with Gasteiger partial charge in [0.25, 0.3) is 0 Å². The zero-order valence-corrected chi connectivity index (χ0v) is 9.22. The minimum Gasteiger partial charge on any atom is -0.479 e. The molecule has 0 fully saturated rings. The molecule has 1 unspecified atom stereocenters. The van der Waals surface area contributed by atoms with Crippen LogP contribution in [-0.4, -0.2) is 20.7 Å². The number of hydrogen-bond acceptors (Lipinski definition) is 2. The third kappa shape index (κ3) is 1.78. The SMILES string of the molecule is CCn1cc(C(O)C(=O)O)c2c(F)cccc21. The fourth-order valence-electron chi connectivity index (χ4n) is 1.94. The van der Waals surface area contributed by atoms with Gasteiger partial charge in [-0.3, -0.25) is 0 Å². The highest BCUT2D eigenvalue weighted by Gasteiger charge is 2.23. The standard InChI is InChI=1S/C12H12FNO3/c1-2-14-6-7(11(15)12(16)17)10-8(13)4-3-5-9(10)14/h3-6,11,15H,2H2,1H3,(H,16,17). The van der Waals surface area contributed by atoms with Gasteiger partial charge in [-0.25, -0.2) is 9.18 Å². The average Bonchev–Trinajstić information content (AvgIpc) is 2.68. The van der Waals surface area contributed by atoms with Crippen LogP contribution in [0.4, 0.5) is 4.39 Å². The second-order valence-corrected chi connectivity index (χ2v) is 3.75. The molecule has 1 aromatic heterocycles. The van der Waals surface area contributed by atoms with E-state index in [2.05, 4.69) is 0 Å². The van der Waals surface area contributed by atoms with Gasteiger partial charge in [0.15, 0.2) is 6.10 Å². The molecule has 4 nitrogen and oxygen atoms in total. The molecule has 1 aromatic carbocycles. The van der Waals surface area contributed by atoms with Gasteiger partial charge in [-0.2, -0.15) is 0 Å². The monoisotopic (exact) mass is 237 g/mol. The lowest BCUT2D eigenvalue weighted by Crippen LogP contribution is -2.10. The van der Waals surface area contributed by atoms with E-state index in [0.717, 1.165) is 0 Å². The zero-order chi connectivity index (χ0) is 12.6. The van der Waals surface area contributed by atoms with Crippen LogP contribution >= 0.6 is 0 Å². The first-order chi connectivity index (χ1) is 8.06. The molecule has 0 radical (unpaired) electrons. The molecule has 0 aliphatic carbocycles. The molecule has 0 bridgehead atoms. The second kappa shape index (κ2) is 4.18. The maximum Gasteiger partial charge on any atom is 0.337 e. The van der Waals surface area contributed by atoms with Gasteiger partial charge < -0.3 is 14.8 Å². The van der Waals surface area contributed by atoms with Crippen LogP contribution in [0.2, 0.25) is 0 Å². The second-order valence-electron chi connectivity index (χ2n) is 3.75. The molecule has 17 heavy (non-hydrogen) atoms. The van der Waals surface area contributed by atoms with Crippen LogP contribution in [-0.2, 0) is 11.3 Å². The van der Waals surface area contributed by atoms with Gasteiger partial charge in [0, 0.05) is 23.7 Å². The summed E-state index contributed by atoms with van der Waals surface area (Å²) in [5, 5.41) is 18.5. The van der Waals surface area contributed by atoms with Gasteiger partial charge in [-0.05, 0) is 19.1 Å². The molecule has 0 aliphatic rings. The summed E-state index contributed by atoms with van der Waals surface area (Å²) in [6.45, 7) is 2.44. The molecule has 0 aliphatic heterocycles. The van der Waals surface area contributed by atoms with E-state index in [1.807, 2.05) is 6.92 Å². The molecule has 1 atom stereocenters. The highest BCUT2D eigenvalue weighted by atomic mass is 19.1. The highest BCUT2D eigenvalue weighted by molar-refractivity contribution is 5.89. The van der Waals surface area contributed by atoms with E-state index in [4.69, 9.17) is 5.11 Å². The van der Waals surface area contributed by atoms with Gasteiger partial charge >= 0.3 is 5.97 Å². The topological polar surface area (TPSA) is 62.5 Å². The van der Waals surface area contributed by atoms with Crippen molar-refractivity contribution in [3.8, 4) is 0 Å². The molecule has 0 spiro atoms. The number of fused-ring (bicyclic) bond motifs is 1. The van der Waals surface area contributed by atoms with Crippen molar-refractivity contribution in [1.29, 1.82) is 0 Å². The summed E-state index contributed by atoms with van der Waals surface area (Å²) in [5.41, 5.74) is 0.676. The molecule has 0 saturated heterocycles. The minimum absolute atomic E-state index is 0.0902. The lowest BCUT2D eigenvalue weighted by molar-refractivity contribution is -0.146. The number of carboxylic acid groups (broad SMARTS) is 1. The minimum atomic E-state index is -1.71. The van der Waals surface area contributed by atoms with Crippen LogP contribution < -0.4 is 0 Å². The lowest BCUT2D eigenvalue weighted by atomic mass is 10.1. The average molecular weight is 237 g/mol. The molecule has 1 heterocycles. The Kier molecular flexibility index (Phi) is 2.85. The number of aryl methyl sites for hydroxylation is 1. The first-order valence-electron chi connectivity index (χ1n) is 5.24. The van der Waals surface area contributed by atoms with Crippen LogP contribution in [0.25, 0.3) is 10.9 Å². The lowest BCUT2D eigenvalue weighted by Gasteiger charge is -2.03. The maximum absolute atomic E-state index is 13.7. The normalized spacial score (nSPS) is 12.9. The van der Waals surface area contributed by atoms with Crippen molar-refractivity contribution in [3.05, 3.63) is 35.8 Å². The van der Waals surface area contributed by atoms with Gasteiger partial charge in [-0.1, -0.05) is 6.07 Å². The summed E-state index contributed by atoms with van der Waals surface area (Å²) in [7, 11) is 0. The van der Waals surface area contributed by atoms with E-state index in [1.165, 1.54) is 12.3 Å². The maximum atomic E-state index is 13.7. The summed E-state index contributed by atoms with van der Waals surface area (Å²) < 4.78 is 15.4. The van der Waals surface area contributed by atoms with Crippen LogP contribution in [0.1, 0.15) is 18.6 Å². The summed E-state index contributed by atoms with van der Waals surface area (Å²) in [6.07, 6.45) is -0.228. The quantitative estimate of drug-likeness (QED) is 0.857. The number of aromatic nitrogens is 1. The van der Waals surface area contributed by atoms with Gasteiger partial charge in [0.2, 0.25) is 0 Å². The number of rotatable bonds is 3. The van der Waals surface area contributed by atoms with E-state index < -0.39 is 17.9 Å². The highest BCUT2D eigenvalue weighted by Crippen LogP contribution is 2.29. The molecule has 2 aromatic rings. The smallest absolute Gasteiger partial charge is 0.337 e. The van der Waals surface area contributed by atoms with Gasteiger partial charge in [-0.15, -0.1) is 0 Å². The predicted molar refractivity (Wildman–Crippen MR) is 60.2 cm³/mol. The Labute approximate surface area is 96.9 Å². The molecule has 0 amide bonds. The number of aliphatic carboxylic acids is 1. The zero-order valence-electron chi connectivity index (χ0n) is 9.22. The number of benzene rings is 1. The number of aliphatic hydroxyl groups excluding tert-OH is 1. The number of carbonyl (C=O) groups is 1. The van der Waals surface area contributed by atoms with Crippen molar-refractivity contribution in [3.63, 3.8) is 0 Å². The third-order valence-electron chi connectivity index (χ3n) is 2.75. The molecule has 90 valence electrons. The molecular weight excluding hydrogens is 225 g/mol. The van der Waals surface area contributed by atoms with Crippen molar-refractivity contribution in [1.82, 2.24) is 4.57 Å². The van der Waals surface area contributed by atoms with E-state index in [9.17, 15) is 14.3 Å². The Balaban J connectivity index is 2.75. The summed E-state index contributed by atoms with van der Waals surface area (Å²) in [5.74, 6) is -1.91. The van der Waals surface area contributed by atoms with Gasteiger partial charge in [0.1, 0.15) is 5.82 Å². The van der Waals surface area contributed by atoms with Crippen LogP contribution in [0, 0.1) is 5.82 Å². The molecule has 2 rings (SSSR count). The third-order valence-corrected chi connectivity index (χ3v) is 2.75. The van der Waals surface area contributed by atoms with Crippen molar-refractivity contribution in [2.45, 2.75) is 19.6 Å². The van der Waals surface area contributed by atoms with Crippen molar-refractivity contribution in [2.75, 3.05) is 0 Å². The number of nitrogens with zero attached hydrogens (tertiary/aromatic N) is 1. The summed E-state index contributed by atoms with van der Waals surface area (Å²) in [6, 6.07) is 4.50. The summed E-state index contributed by atoms with van der Waals surface area (Å²) >= 11 is 0. The molecule has 0 saturated carbocycles. The Hall–Kier alpha value is -1.88. The largest absolute Gasteiger partial charge is 0.479 e. The van der Waals surface area contributed by atoms with Crippen LogP contribution in [0.5, 0.6) is 0 Å². The van der Waals surface area contributed by atoms with Crippen molar-refractivity contribution in [2.24, 2.45) is 0 Å². The van der Waals surface area contributed by atoms with Crippen molar-refractivity contribution < 1.29 is 19.4 Å². The number of hydrogen-bond donors (Lipinski definition) is 2. The number of aliphatic hydroxyl groups is 1. The van der Waals surface area contributed by atoms with E-state index in [-0.39, 0.29) is 10.9 Å². The van der Waals surface area contributed by atoms with Crippen molar-refractivity contribution >= 4 is 16.9 Å². The van der Waals surface area contributed by atoms with Gasteiger partial charge in [0.05, 0.1) is 5.52 Å². The Bertz CT molecular complexity index is 576. The molecule has 2 N–H and O–H groups in total. The first kappa shape index (κ1) is 11.6. The van der Waals surface area contributed by atoms with E-state index in [0.29, 0.717) is 12.1 Å². The van der Waals surface area contributed by atoms with E-state index in [1.54, 1.807) is 16.7 Å². The molecular formula is C12H12FNO3. The first-order valence-corrected chi connectivity index (χ1v) is 5.24. The number of carboxylic acids is 1. The Morgan fingerprint density at radius 3 is 2.82 bits per heavy atom. The fraction of sp³-hybridized carbons (Fsp3) is 0.250. The Morgan fingerprint density at radius 2 is 2.24 bits per heavy atom. The fourth-order valence-corrected chi connectivity index (χ4v) is 1.94. The van der Waals surface area contributed by atoms with E-state index >= 15 is 0 Å². The number of halogens is 1. The molecule has 5 heteroatoms. The summed E-state index contributed by atoms with van der Waals surface area (Å²) in [4.78, 5) is 10.8. The Morgan fingerprint density at radius 1 is 1.53 bits per heavy atom. The van der Waals surface area contributed by atoms with Crippen LogP contribution in [0.15, 0.2) is 24.4 Å². The van der Waals surface area contributed by atoms with Crippen LogP contribution in [0.3, 0.4) is 0 Å².